The predicted molar refractivity (Wildman–Crippen MR) is 115 cm³/mol. The molecule has 5 rings (SSSR count). The lowest BCUT2D eigenvalue weighted by Crippen LogP contribution is -2.53. The van der Waals surface area contributed by atoms with Crippen LogP contribution in [0.1, 0.15) is 23.6 Å². The van der Waals surface area contributed by atoms with Gasteiger partial charge in [-0.3, -0.25) is 9.69 Å². The molecule has 6 nitrogen and oxygen atoms in total. The highest BCUT2D eigenvalue weighted by Crippen LogP contribution is 2.46. The Balaban J connectivity index is 1.22. The van der Waals surface area contributed by atoms with Gasteiger partial charge in [-0.15, -0.1) is 0 Å². The van der Waals surface area contributed by atoms with Crippen LogP contribution in [0, 0.1) is 0 Å². The lowest BCUT2D eigenvalue weighted by atomic mass is 10.0. The van der Waals surface area contributed by atoms with Crippen molar-refractivity contribution >= 4 is 5.91 Å². The summed E-state index contributed by atoms with van der Waals surface area (Å²) in [6.45, 7) is 4.58. The Hall–Kier alpha value is -2.25. The summed E-state index contributed by atoms with van der Waals surface area (Å²) < 4.78 is 5.33. The Labute approximate surface area is 177 Å². The number of hydrogen-bond acceptors (Lipinski definition) is 5. The lowest BCUT2D eigenvalue weighted by molar-refractivity contribution is -0.142. The molecule has 2 unspecified atom stereocenters. The Morgan fingerprint density at radius 1 is 1.03 bits per heavy atom. The van der Waals surface area contributed by atoms with Crippen LogP contribution in [-0.4, -0.2) is 78.9 Å². The Bertz CT molecular complexity index is 859. The Morgan fingerprint density at radius 2 is 1.67 bits per heavy atom. The zero-order chi connectivity index (χ0) is 20.5. The summed E-state index contributed by atoms with van der Waals surface area (Å²) in [6, 6.07) is 17.7. The van der Waals surface area contributed by atoms with Gasteiger partial charge < -0.3 is 20.1 Å². The maximum atomic E-state index is 12.7. The van der Waals surface area contributed by atoms with Crippen LogP contribution < -0.4 is 5.32 Å². The summed E-state index contributed by atoms with van der Waals surface area (Å²) in [7, 11) is 0. The smallest absolute Gasteiger partial charge is 0.252 e. The van der Waals surface area contributed by atoms with Crippen LogP contribution in [0.5, 0.6) is 0 Å². The molecule has 2 aromatic carbocycles. The minimum absolute atomic E-state index is 0.173. The highest BCUT2D eigenvalue weighted by molar-refractivity contribution is 5.81. The first-order valence-electron chi connectivity index (χ1n) is 10.9. The first-order chi connectivity index (χ1) is 14.7. The first-order valence-corrected chi connectivity index (χ1v) is 10.9. The second kappa shape index (κ2) is 8.47. The zero-order valence-electron chi connectivity index (χ0n) is 17.2. The van der Waals surface area contributed by atoms with Gasteiger partial charge in [0.2, 0.25) is 0 Å². The zero-order valence-corrected chi connectivity index (χ0v) is 17.2. The van der Waals surface area contributed by atoms with Crippen LogP contribution in [-0.2, 0) is 9.53 Å². The van der Waals surface area contributed by atoms with Gasteiger partial charge in [0.15, 0.2) is 0 Å². The number of rotatable bonds is 5. The number of fused-ring (bicyclic) bond motifs is 3. The molecule has 0 radical (unpaired) electrons. The number of amides is 1. The van der Waals surface area contributed by atoms with Gasteiger partial charge >= 0.3 is 0 Å². The quantitative estimate of drug-likeness (QED) is 0.789. The van der Waals surface area contributed by atoms with E-state index in [0.717, 1.165) is 26.1 Å². The number of carbonyl (C=O) groups excluding carboxylic acids is 1. The fourth-order valence-electron chi connectivity index (χ4n) is 4.99. The standard InChI is InChI=1S/C24H29N3O3/c28-22(15-25-17-9-14-30-16-17)24(29)27-12-10-26(11-13-27)23-20-7-3-1-5-18(20)19-6-2-4-8-21(19)23/h1-8,17,22-23,25,28H,9-16H2. The molecule has 30 heavy (non-hydrogen) atoms. The summed E-state index contributed by atoms with van der Waals surface area (Å²) >= 11 is 0. The average molecular weight is 408 g/mol. The van der Waals surface area contributed by atoms with E-state index in [2.05, 4.69) is 58.7 Å². The van der Waals surface area contributed by atoms with Crippen LogP contribution in [0.25, 0.3) is 11.1 Å². The van der Waals surface area contributed by atoms with Gasteiger partial charge in [-0.2, -0.15) is 0 Å². The largest absolute Gasteiger partial charge is 0.382 e. The van der Waals surface area contributed by atoms with Gasteiger partial charge in [0.25, 0.3) is 5.91 Å². The fraction of sp³-hybridized carbons (Fsp3) is 0.458. The number of piperazine rings is 1. The number of carbonyl (C=O) groups is 1. The number of nitrogens with one attached hydrogen (secondary N) is 1. The molecule has 2 atom stereocenters. The lowest BCUT2D eigenvalue weighted by Gasteiger charge is -2.39. The summed E-state index contributed by atoms with van der Waals surface area (Å²) in [6.07, 6.45) is -0.0608. The maximum absolute atomic E-state index is 12.7. The van der Waals surface area contributed by atoms with Gasteiger partial charge in [0.1, 0.15) is 6.10 Å². The van der Waals surface area contributed by atoms with Gasteiger partial charge in [0, 0.05) is 45.4 Å². The number of ether oxygens (including phenoxy) is 1. The third-order valence-corrected chi connectivity index (χ3v) is 6.61. The summed E-state index contributed by atoms with van der Waals surface area (Å²) in [5.74, 6) is -0.173. The van der Waals surface area contributed by atoms with E-state index in [4.69, 9.17) is 4.74 Å². The van der Waals surface area contributed by atoms with Crippen molar-refractivity contribution in [3.05, 3.63) is 59.7 Å². The molecule has 0 spiro atoms. The second-order valence-electron chi connectivity index (χ2n) is 8.42. The van der Waals surface area contributed by atoms with E-state index >= 15 is 0 Å². The highest BCUT2D eigenvalue weighted by Gasteiger charge is 2.35. The van der Waals surface area contributed by atoms with E-state index in [1.165, 1.54) is 22.3 Å². The molecule has 2 fully saturated rings. The molecule has 0 saturated carbocycles. The first kappa shape index (κ1) is 19.7. The molecule has 2 N–H and O–H groups in total. The van der Waals surface area contributed by atoms with Gasteiger partial charge in [-0.05, 0) is 28.7 Å². The minimum Gasteiger partial charge on any atom is -0.382 e. The minimum atomic E-state index is -0.995. The van der Waals surface area contributed by atoms with Crippen molar-refractivity contribution in [1.29, 1.82) is 0 Å². The van der Waals surface area contributed by atoms with Crippen LogP contribution in [0.4, 0.5) is 0 Å². The molecule has 1 aliphatic carbocycles. The molecule has 2 heterocycles. The topological polar surface area (TPSA) is 65.0 Å². The number of aliphatic hydroxyl groups excluding tert-OH is 1. The van der Waals surface area contributed by atoms with Crippen LogP contribution in [0.3, 0.4) is 0 Å². The Kier molecular flexibility index (Phi) is 5.56. The molecule has 3 aliphatic rings. The van der Waals surface area contributed by atoms with E-state index in [1.54, 1.807) is 4.90 Å². The molecule has 2 aromatic rings. The predicted octanol–water partition coefficient (Wildman–Crippen LogP) is 1.64. The second-order valence-corrected chi connectivity index (χ2v) is 8.42. The van der Waals surface area contributed by atoms with Crippen molar-refractivity contribution in [3.8, 4) is 11.1 Å². The van der Waals surface area contributed by atoms with Crippen LogP contribution in [0.15, 0.2) is 48.5 Å². The van der Waals surface area contributed by atoms with E-state index in [-0.39, 0.29) is 24.5 Å². The van der Waals surface area contributed by atoms with E-state index in [9.17, 15) is 9.90 Å². The van der Waals surface area contributed by atoms with Crippen molar-refractivity contribution in [2.24, 2.45) is 0 Å². The van der Waals surface area contributed by atoms with Crippen molar-refractivity contribution < 1.29 is 14.6 Å². The third kappa shape index (κ3) is 3.65. The van der Waals surface area contributed by atoms with Crippen LogP contribution >= 0.6 is 0 Å². The number of aliphatic hydroxyl groups is 1. The van der Waals surface area contributed by atoms with Crippen molar-refractivity contribution in [2.45, 2.75) is 24.6 Å². The normalized spacial score (nSPS) is 22.7. The number of benzene rings is 2. The fourth-order valence-corrected chi connectivity index (χ4v) is 4.99. The van der Waals surface area contributed by atoms with Crippen molar-refractivity contribution in [1.82, 2.24) is 15.1 Å². The molecule has 158 valence electrons. The van der Waals surface area contributed by atoms with Gasteiger partial charge in [0.05, 0.1) is 12.6 Å². The third-order valence-electron chi connectivity index (χ3n) is 6.61. The number of hydrogen-bond donors (Lipinski definition) is 2. The summed E-state index contributed by atoms with van der Waals surface area (Å²) in [4.78, 5) is 17.0. The molecular formula is C24H29N3O3. The molecule has 6 heteroatoms. The van der Waals surface area contributed by atoms with E-state index in [1.807, 2.05) is 0 Å². The summed E-state index contributed by atoms with van der Waals surface area (Å²) in [5.41, 5.74) is 5.32. The number of nitrogens with zero attached hydrogens (tertiary/aromatic N) is 2. The maximum Gasteiger partial charge on any atom is 0.252 e. The molecule has 0 aromatic heterocycles. The van der Waals surface area contributed by atoms with Gasteiger partial charge in [-0.1, -0.05) is 48.5 Å². The summed E-state index contributed by atoms with van der Waals surface area (Å²) in [5, 5.41) is 13.6. The van der Waals surface area contributed by atoms with Crippen LogP contribution in [0.2, 0.25) is 0 Å². The SMILES string of the molecule is O=C(C(O)CNC1CCOC1)N1CCN(C2c3ccccc3-c3ccccc32)CC1. The molecular weight excluding hydrogens is 378 g/mol. The molecule has 2 saturated heterocycles. The highest BCUT2D eigenvalue weighted by atomic mass is 16.5. The van der Waals surface area contributed by atoms with E-state index < -0.39 is 6.10 Å². The molecule has 2 aliphatic heterocycles. The Morgan fingerprint density at radius 3 is 2.27 bits per heavy atom. The van der Waals surface area contributed by atoms with Gasteiger partial charge in [-0.25, -0.2) is 0 Å². The monoisotopic (exact) mass is 407 g/mol. The van der Waals surface area contributed by atoms with Crippen molar-refractivity contribution in [2.75, 3.05) is 45.9 Å². The molecule has 1 amide bonds. The molecule has 0 bridgehead atoms. The van der Waals surface area contributed by atoms with Crippen molar-refractivity contribution in [3.63, 3.8) is 0 Å². The average Bonchev–Trinajstić information content (AvgIpc) is 3.43. The van der Waals surface area contributed by atoms with E-state index in [0.29, 0.717) is 19.7 Å².